The highest BCUT2D eigenvalue weighted by molar-refractivity contribution is 5.78. The molecule has 1 amide bonds. The van der Waals surface area contributed by atoms with E-state index < -0.39 is 0 Å². The molecule has 1 unspecified atom stereocenters. The molecule has 0 N–H and O–H groups in total. The molecule has 0 bridgehead atoms. The number of aromatic nitrogens is 1. The van der Waals surface area contributed by atoms with E-state index in [0.717, 1.165) is 38.2 Å². The van der Waals surface area contributed by atoms with E-state index in [4.69, 9.17) is 9.26 Å². The van der Waals surface area contributed by atoms with Gasteiger partial charge in [-0.15, -0.1) is 0 Å². The second-order valence-corrected chi connectivity index (χ2v) is 8.15. The summed E-state index contributed by atoms with van der Waals surface area (Å²) < 4.78 is 24.4. The van der Waals surface area contributed by atoms with Crippen LogP contribution in [0.25, 0.3) is 11.3 Å². The number of hydrogen-bond donors (Lipinski definition) is 0. The average Bonchev–Trinajstić information content (AvgIpc) is 3.24. The first-order valence-electron chi connectivity index (χ1n) is 9.66. The number of aryl methyl sites for hydroxylation is 1. The fourth-order valence-electron chi connectivity index (χ4n) is 4.64. The van der Waals surface area contributed by atoms with Gasteiger partial charge in [-0.05, 0) is 32.0 Å². The summed E-state index contributed by atoms with van der Waals surface area (Å²) in [6, 6.07) is 6.90. The molecule has 2 saturated heterocycles. The van der Waals surface area contributed by atoms with E-state index in [0.29, 0.717) is 30.1 Å². The number of methoxy groups -OCH3 is 1. The lowest BCUT2D eigenvalue weighted by Gasteiger charge is -2.48. The zero-order valence-electron chi connectivity index (χ0n) is 16.4. The normalized spacial score (nSPS) is 21.2. The third-order valence-corrected chi connectivity index (χ3v) is 6.02. The molecule has 2 aromatic rings. The Bertz CT molecular complexity index is 847. The van der Waals surface area contributed by atoms with Crippen LogP contribution in [0.4, 0.5) is 4.39 Å². The molecule has 1 aromatic heterocycles. The van der Waals surface area contributed by atoms with E-state index in [1.54, 1.807) is 25.3 Å². The van der Waals surface area contributed by atoms with Crippen molar-refractivity contribution in [1.82, 2.24) is 15.0 Å². The van der Waals surface area contributed by atoms with Gasteiger partial charge in [0.15, 0.2) is 0 Å². The molecule has 2 aliphatic heterocycles. The molecule has 0 aliphatic carbocycles. The number of likely N-dealkylation sites (N-methyl/N-ethyl adjacent to an activating group) is 1. The first-order chi connectivity index (χ1) is 13.5. The van der Waals surface area contributed by atoms with E-state index >= 15 is 0 Å². The van der Waals surface area contributed by atoms with Crippen LogP contribution in [0.5, 0.6) is 0 Å². The lowest BCUT2D eigenvalue weighted by atomic mass is 9.77. The summed E-state index contributed by atoms with van der Waals surface area (Å²) in [5.41, 5.74) is 1.85. The van der Waals surface area contributed by atoms with Gasteiger partial charge in [-0.3, -0.25) is 4.79 Å². The molecule has 28 heavy (non-hydrogen) atoms. The average molecular weight is 387 g/mol. The summed E-state index contributed by atoms with van der Waals surface area (Å²) in [6.07, 6.45) is 3.44. The summed E-state index contributed by atoms with van der Waals surface area (Å²) in [5.74, 6) is -0.214. The van der Waals surface area contributed by atoms with Crippen molar-refractivity contribution in [2.75, 3.05) is 40.4 Å². The van der Waals surface area contributed by atoms with Gasteiger partial charge in [0, 0.05) is 55.7 Å². The number of benzene rings is 1. The minimum absolute atomic E-state index is 0.129. The van der Waals surface area contributed by atoms with Crippen molar-refractivity contribution in [2.45, 2.75) is 25.3 Å². The van der Waals surface area contributed by atoms with Gasteiger partial charge < -0.3 is 19.1 Å². The summed E-state index contributed by atoms with van der Waals surface area (Å²) in [7, 11) is 3.86. The number of carbonyl (C=O) groups excluding carboxylic acids is 1. The predicted molar refractivity (Wildman–Crippen MR) is 102 cm³/mol. The number of hydrogen-bond acceptors (Lipinski definition) is 5. The van der Waals surface area contributed by atoms with E-state index in [2.05, 4.69) is 17.1 Å². The summed E-state index contributed by atoms with van der Waals surface area (Å²) in [4.78, 5) is 16.9. The van der Waals surface area contributed by atoms with Gasteiger partial charge in [0.1, 0.15) is 17.8 Å². The summed E-state index contributed by atoms with van der Waals surface area (Å²) >= 11 is 0. The van der Waals surface area contributed by atoms with Gasteiger partial charge >= 0.3 is 0 Å². The second kappa shape index (κ2) is 7.64. The molecule has 0 radical (unpaired) electrons. The molecule has 1 atom stereocenters. The third-order valence-electron chi connectivity index (χ3n) is 6.02. The molecule has 4 rings (SSSR count). The molecule has 0 saturated carbocycles. The van der Waals surface area contributed by atoms with Crippen LogP contribution in [-0.2, 0) is 16.0 Å². The van der Waals surface area contributed by atoms with Crippen LogP contribution >= 0.6 is 0 Å². The van der Waals surface area contributed by atoms with Crippen LogP contribution in [-0.4, -0.2) is 67.3 Å². The topological polar surface area (TPSA) is 58.8 Å². The molecular formula is C21H26FN3O3. The fourth-order valence-corrected chi connectivity index (χ4v) is 4.64. The first-order valence-corrected chi connectivity index (χ1v) is 9.66. The smallest absolute Gasteiger partial charge is 0.222 e. The SMILES string of the molecule is COCC1CC2(CN(C(=O)CCc3conc3-c3ccccc3F)C2)CN1C. The highest BCUT2D eigenvalue weighted by Gasteiger charge is 2.51. The standard InChI is InChI=1S/C21H26FN3O3/c1-24-12-21(9-16(24)11-27-2)13-25(14-21)19(26)8-7-15-10-28-23-20(15)17-5-3-4-6-18(17)22/h3-6,10,16H,7-9,11-14H2,1-2H3. The molecule has 3 heterocycles. The maximum Gasteiger partial charge on any atom is 0.222 e. The quantitative estimate of drug-likeness (QED) is 0.763. The summed E-state index contributed by atoms with van der Waals surface area (Å²) in [6.45, 7) is 3.35. The summed E-state index contributed by atoms with van der Waals surface area (Å²) in [5, 5.41) is 3.94. The molecular weight excluding hydrogens is 361 g/mol. The Morgan fingerprint density at radius 3 is 2.89 bits per heavy atom. The largest absolute Gasteiger partial charge is 0.383 e. The van der Waals surface area contributed by atoms with Crippen molar-refractivity contribution < 1.29 is 18.4 Å². The van der Waals surface area contributed by atoms with Crippen LogP contribution in [0, 0.1) is 11.2 Å². The lowest BCUT2D eigenvalue weighted by molar-refractivity contribution is -0.142. The number of carbonyl (C=O) groups is 1. The number of ether oxygens (including phenoxy) is 1. The first kappa shape index (κ1) is 19.1. The minimum Gasteiger partial charge on any atom is -0.383 e. The monoisotopic (exact) mass is 387 g/mol. The van der Waals surface area contributed by atoms with Crippen molar-refractivity contribution in [3.05, 3.63) is 41.9 Å². The van der Waals surface area contributed by atoms with E-state index in [1.807, 2.05) is 4.90 Å². The maximum atomic E-state index is 14.0. The fraction of sp³-hybridized carbons (Fsp3) is 0.524. The molecule has 2 aliphatic rings. The zero-order valence-corrected chi connectivity index (χ0v) is 16.4. The predicted octanol–water partition coefficient (Wildman–Crippen LogP) is 2.59. The highest BCUT2D eigenvalue weighted by atomic mass is 19.1. The number of rotatable bonds is 6. The van der Waals surface area contributed by atoms with E-state index in [-0.39, 0.29) is 17.1 Å². The number of likely N-dealkylation sites (tertiary alicyclic amines) is 2. The minimum atomic E-state index is -0.343. The van der Waals surface area contributed by atoms with Gasteiger partial charge in [-0.2, -0.15) is 0 Å². The maximum absolute atomic E-state index is 14.0. The molecule has 2 fully saturated rings. The Morgan fingerprint density at radius 2 is 2.14 bits per heavy atom. The van der Waals surface area contributed by atoms with Gasteiger partial charge in [0.05, 0.1) is 6.61 Å². The zero-order chi connectivity index (χ0) is 19.7. The number of amides is 1. The molecule has 6 nitrogen and oxygen atoms in total. The van der Waals surface area contributed by atoms with Crippen LogP contribution < -0.4 is 0 Å². The Labute approximate surface area is 164 Å². The number of nitrogens with zero attached hydrogens (tertiary/aromatic N) is 3. The van der Waals surface area contributed by atoms with Gasteiger partial charge in [-0.25, -0.2) is 4.39 Å². The van der Waals surface area contributed by atoms with Crippen molar-refractivity contribution in [3.63, 3.8) is 0 Å². The molecule has 1 aromatic carbocycles. The Kier molecular flexibility index (Phi) is 5.21. The van der Waals surface area contributed by atoms with Crippen LogP contribution in [0.2, 0.25) is 0 Å². The van der Waals surface area contributed by atoms with Crippen molar-refractivity contribution in [2.24, 2.45) is 5.41 Å². The van der Waals surface area contributed by atoms with Crippen molar-refractivity contribution >= 4 is 5.91 Å². The van der Waals surface area contributed by atoms with Crippen LogP contribution in [0.3, 0.4) is 0 Å². The van der Waals surface area contributed by atoms with Gasteiger partial charge in [0.25, 0.3) is 0 Å². The van der Waals surface area contributed by atoms with Crippen molar-refractivity contribution in [1.29, 1.82) is 0 Å². The Hall–Kier alpha value is -2.25. The third kappa shape index (κ3) is 3.56. The van der Waals surface area contributed by atoms with Gasteiger partial charge in [-0.1, -0.05) is 17.3 Å². The lowest BCUT2D eigenvalue weighted by Crippen LogP contribution is -2.59. The molecule has 150 valence electrons. The number of halogens is 1. The van der Waals surface area contributed by atoms with Crippen LogP contribution in [0.1, 0.15) is 18.4 Å². The van der Waals surface area contributed by atoms with Crippen molar-refractivity contribution in [3.8, 4) is 11.3 Å². The molecule has 1 spiro atoms. The van der Waals surface area contributed by atoms with E-state index in [9.17, 15) is 9.18 Å². The van der Waals surface area contributed by atoms with E-state index in [1.165, 1.54) is 12.3 Å². The second-order valence-electron chi connectivity index (χ2n) is 8.15. The van der Waals surface area contributed by atoms with Gasteiger partial charge in [0.2, 0.25) is 5.91 Å². The van der Waals surface area contributed by atoms with Crippen LogP contribution in [0.15, 0.2) is 35.1 Å². The Morgan fingerprint density at radius 1 is 1.36 bits per heavy atom. The highest BCUT2D eigenvalue weighted by Crippen LogP contribution is 2.42. The molecule has 7 heteroatoms. The Balaban J connectivity index is 1.33.